The molecule has 0 heterocycles. The lowest BCUT2D eigenvalue weighted by atomic mass is 9.90. The van der Waals surface area contributed by atoms with Gasteiger partial charge in [0.25, 0.3) is 0 Å². The molecule has 5 heteroatoms. The molecule has 0 aromatic carbocycles. The van der Waals surface area contributed by atoms with Crippen LogP contribution in [0.1, 0.15) is 32.6 Å². The molecule has 0 aromatic heterocycles. The van der Waals surface area contributed by atoms with Crippen LogP contribution in [0.5, 0.6) is 0 Å². The number of hydrogen-bond donors (Lipinski definition) is 3. The van der Waals surface area contributed by atoms with E-state index in [1.165, 1.54) is 0 Å². The Labute approximate surface area is 83.5 Å². The summed E-state index contributed by atoms with van der Waals surface area (Å²) in [7, 11) is 0. The number of carboxylic acid groups (broad SMARTS) is 1. The molecule has 5 N–H and O–H groups in total. The van der Waals surface area contributed by atoms with Crippen molar-refractivity contribution in [1.82, 2.24) is 0 Å². The van der Waals surface area contributed by atoms with Crippen LogP contribution in [0.25, 0.3) is 0 Å². The standard InChI is InChI=1S/C9H18N2O3/c1-2-3-6(4-5-7(10)12)8(11)9(13)14/h6,8H,2-5,11H2,1H3,(H2,10,12)(H,13,14). The number of nitrogens with two attached hydrogens (primary N) is 2. The monoisotopic (exact) mass is 202 g/mol. The van der Waals surface area contributed by atoms with Crippen LogP contribution in [0.2, 0.25) is 0 Å². The summed E-state index contributed by atoms with van der Waals surface area (Å²) in [6.45, 7) is 1.95. The Kier molecular flexibility index (Phi) is 5.87. The Morgan fingerprint density at radius 3 is 2.29 bits per heavy atom. The maximum absolute atomic E-state index is 10.6. The van der Waals surface area contributed by atoms with Gasteiger partial charge in [0.1, 0.15) is 6.04 Å². The third-order valence-electron chi connectivity index (χ3n) is 2.21. The van der Waals surface area contributed by atoms with Crippen molar-refractivity contribution in [3.05, 3.63) is 0 Å². The molecule has 0 spiro atoms. The maximum atomic E-state index is 10.6. The third kappa shape index (κ3) is 4.81. The zero-order valence-electron chi connectivity index (χ0n) is 8.40. The number of carbonyl (C=O) groups is 2. The van der Waals surface area contributed by atoms with Gasteiger partial charge in [0.15, 0.2) is 0 Å². The molecule has 0 aliphatic rings. The Balaban J connectivity index is 4.13. The second kappa shape index (κ2) is 6.37. The maximum Gasteiger partial charge on any atom is 0.320 e. The molecule has 82 valence electrons. The van der Waals surface area contributed by atoms with Crippen LogP contribution in [-0.2, 0) is 9.59 Å². The van der Waals surface area contributed by atoms with Gasteiger partial charge in [-0.3, -0.25) is 9.59 Å². The highest BCUT2D eigenvalue weighted by atomic mass is 16.4. The van der Waals surface area contributed by atoms with E-state index in [9.17, 15) is 9.59 Å². The van der Waals surface area contributed by atoms with Gasteiger partial charge in [0.2, 0.25) is 5.91 Å². The average molecular weight is 202 g/mol. The predicted octanol–water partition coefficient (Wildman–Crippen LogP) is 0.0801. The average Bonchev–Trinajstić information content (AvgIpc) is 2.10. The molecular formula is C9H18N2O3. The molecule has 0 saturated heterocycles. The van der Waals surface area contributed by atoms with Crippen molar-refractivity contribution < 1.29 is 14.7 Å². The normalized spacial score (nSPS) is 14.7. The molecule has 0 radical (unpaired) electrons. The minimum atomic E-state index is -1.02. The molecule has 0 aliphatic heterocycles. The van der Waals surface area contributed by atoms with Gasteiger partial charge in [-0.15, -0.1) is 0 Å². The molecule has 0 fully saturated rings. The fraction of sp³-hybridized carbons (Fsp3) is 0.778. The number of primary amides is 1. The number of carboxylic acids is 1. The first-order chi connectivity index (χ1) is 6.49. The highest BCUT2D eigenvalue weighted by molar-refractivity contribution is 5.75. The van der Waals surface area contributed by atoms with Crippen LogP contribution < -0.4 is 11.5 Å². The lowest BCUT2D eigenvalue weighted by Crippen LogP contribution is -2.38. The van der Waals surface area contributed by atoms with E-state index in [-0.39, 0.29) is 12.3 Å². The van der Waals surface area contributed by atoms with Gasteiger partial charge in [-0.2, -0.15) is 0 Å². The van der Waals surface area contributed by atoms with Crippen molar-refractivity contribution in [3.8, 4) is 0 Å². The first-order valence-electron chi connectivity index (χ1n) is 4.75. The van der Waals surface area contributed by atoms with Crippen molar-refractivity contribution in [2.45, 2.75) is 38.6 Å². The molecular weight excluding hydrogens is 184 g/mol. The van der Waals surface area contributed by atoms with Crippen molar-refractivity contribution in [1.29, 1.82) is 0 Å². The van der Waals surface area contributed by atoms with Gasteiger partial charge in [-0.05, 0) is 18.8 Å². The van der Waals surface area contributed by atoms with E-state index in [0.29, 0.717) is 12.8 Å². The van der Waals surface area contributed by atoms with Crippen LogP contribution in [0.15, 0.2) is 0 Å². The van der Waals surface area contributed by atoms with Gasteiger partial charge < -0.3 is 16.6 Å². The summed E-state index contributed by atoms with van der Waals surface area (Å²) >= 11 is 0. The van der Waals surface area contributed by atoms with Crippen LogP contribution in [0.4, 0.5) is 0 Å². The van der Waals surface area contributed by atoms with Gasteiger partial charge in [-0.25, -0.2) is 0 Å². The van der Waals surface area contributed by atoms with Crippen LogP contribution in [0.3, 0.4) is 0 Å². The molecule has 5 nitrogen and oxygen atoms in total. The number of amides is 1. The SMILES string of the molecule is CCCC(CCC(N)=O)C(N)C(=O)O. The van der Waals surface area contributed by atoms with E-state index >= 15 is 0 Å². The number of hydrogen-bond acceptors (Lipinski definition) is 3. The fourth-order valence-corrected chi connectivity index (χ4v) is 1.40. The van der Waals surface area contributed by atoms with Gasteiger partial charge >= 0.3 is 5.97 Å². The first kappa shape index (κ1) is 12.9. The Morgan fingerprint density at radius 1 is 1.36 bits per heavy atom. The molecule has 2 atom stereocenters. The van der Waals surface area contributed by atoms with Gasteiger partial charge in [0, 0.05) is 6.42 Å². The van der Waals surface area contributed by atoms with E-state index in [1.807, 2.05) is 6.92 Å². The van der Waals surface area contributed by atoms with Gasteiger partial charge in [-0.1, -0.05) is 13.3 Å². The number of carbonyl (C=O) groups excluding carboxylic acids is 1. The molecule has 0 aliphatic carbocycles. The van der Waals surface area contributed by atoms with E-state index in [4.69, 9.17) is 16.6 Å². The van der Waals surface area contributed by atoms with Crippen molar-refractivity contribution >= 4 is 11.9 Å². The summed E-state index contributed by atoms with van der Waals surface area (Å²) in [5.74, 6) is -1.60. The molecule has 14 heavy (non-hydrogen) atoms. The van der Waals surface area contributed by atoms with Crippen molar-refractivity contribution in [2.75, 3.05) is 0 Å². The predicted molar refractivity (Wildman–Crippen MR) is 52.4 cm³/mol. The minimum absolute atomic E-state index is 0.162. The fourth-order valence-electron chi connectivity index (χ4n) is 1.40. The molecule has 0 bridgehead atoms. The molecule has 2 unspecified atom stereocenters. The summed E-state index contributed by atoms with van der Waals surface area (Å²) in [6.07, 6.45) is 2.22. The number of rotatable bonds is 7. The largest absolute Gasteiger partial charge is 0.480 e. The zero-order chi connectivity index (χ0) is 11.1. The summed E-state index contributed by atoms with van der Waals surface area (Å²) in [6, 6.07) is -0.894. The summed E-state index contributed by atoms with van der Waals surface area (Å²) in [5, 5.41) is 8.70. The molecule has 0 saturated carbocycles. The van der Waals surface area contributed by atoms with Crippen LogP contribution in [-0.4, -0.2) is 23.0 Å². The van der Waals surface area contributed by atoms with Crippen molar-refractivity contribution in [3.63, 3.8) is 0 Å². The molecule has 1 amide bonds. The van der Waals surface area contributed by atoms with Crippen molar-refractivity contribution in [2.24, 2.45) is 17.4 Å². The van der Waals surface area contributed by atoms with E-state index in [1.54, 1.807) is 0 Å². The second-order valence-electron chi connectivity index (χ2n) is 3.42. The third-order valence-corrected chi connectivity index (χ3v) is 2.21. The highest BCUT2D eigenvalue weighted by Gasteiger charge is 2.23. The quantitative estimate of drug-likeness (QED) is 0.543. The lowest BCUT2D eigenvalue weighted by molar-refractivity contribution is -0.140. The summed E-state index contributed by atoms with van der Waals surface area (Å²) < 4.78 is 0. The zero-order valence-corrected chi connectivity index (χ0v) is 8.40. The topological polar surface area (TPSA) is 106 Å². The lowest BCUT2D eigenvalue weighted by Gasteiger charge is -2.19. The Hall–Kier alpha value is -1.10. The number of aliphatic carboxylic acids is 1. The van der Waals surface area contributed by atoms with E-state index in [0.717, 1.165) is 6.42 Å². The van der Waals surface area contributed by atoms with Gasteiger partial charge in [0.05, 0.1) is 0 Å². The van der Waals surface area contributed by atoms with E-state index < -0.39 is 17.9 Å². The highest BCUT2D eigenvalue weighted by Crippen LogP contribution is 2.16. The second-order valence-corrected chi connectivity index (χ2v) is 3.42. The smallest absolute Gasteiger partial charge is 0.320 e. The molecule has 0 rings (SSSR count). The summed E-state index contributed by atoms with van der Waals surface area (Å²) in [5.41, 5.74) is 10.5. The molecule has 0 aromatic rings. The van der Waals surface area contributed by atoms with E-state index in [2.05, 4.69) is 0 Å². The minimum Gasteiger partial charge on any atom is -0.480 e. The Morgan fingerprint density at radius 2 is 1.93 bits per heavy atom. The first-order valence-corrected chi connectivity index (χ1v) is 4.75. The Bertz CT molecular complexity index is 206. The summed E-state index contributed by atoms with van der Waals surface area (Å²) in [4.78, 5) is 21.2. The van der Waals surface area contributed by atoms with Crippen LogP contribution >= 0.6 is 0 Å². The van der Waals surface area contributed by atoms with Crippen LogP contribution in [0, 0.1) is 5.92 Å².